The second-order valence-electron chi connectivity index (χ2n) is 17.3. The number of nitriles is 1. The predicted molar refractivity (Wildman–Crippen MR) is 241 cm³/mol. The molecule has 350 valence electrons. The number of rotatable bonds is 11. The third kappa shape index (κ3) is 10.9. The number of halogens is 6. The predicted octanol–water partition coefficient (Wildman–Crippen LogP) is 9.73. The van der Waals surface area contributed by atoms with Gasteiger partial charge in [0.1, 0.15) is 17.9 Å². The van der Waals surface area contributed by atoms with E-state index in [1.54, 1.807) is 24.8 Å². The van der Waals surface area contributed by atoms with Crippen LogP contribution >= 0.6 is 24.4 Å². The van der Waals surface area contributed by atoms with E-state index >= 15 is 0 Å². The number of aliphatic imine (C=N–C) groups is 1. The first-order chi connectivity index (χ1) is 29.7. The smallest absolute Gasteiger partial charge is 0.417 e. The highest BCUT2D eigenvalue weighted by molar-refractivity contribution is 7.81. The number of isothiocyanates is 1. The molecule has 2 fully saturated rings. The lowest BCUT2D eigenvalue weighted by Crippen LogP contribution is -2.58. The van der Waals surface area contributed by atoms with Crippen molar-refractivity contribution in [1.29, 1.82) is 5.26 Å². The van der Waals surface area contributed by atoms with E-state index < -0.39 is 63.4 Å². The summed E-state index contributed by atoms with van der Waals surface area (Å²) in [6.45, 7) is 16.8. The first kappa shape index (κ1) is 52.3. The number of amides is 1. The van der Waals surface area contributed by atoms with Crippen LogP contribution in [-0.2, 0) is 38.5 Å². The van der Waals surface area contributed by atoms with Crippen LogP contribution in [0.2, 0.25) is 0 Å². The molecule has 5 rings (SSSR count). The summed E-state index contributed by atoms with van der Waals surface area (Å²) in [4.78, 5) is 50.5. The highest BCUT2D eigenvalue weighted by Gasteiger charge is 2.51. The molecular weight excluding hydrogens is 897 g/mol. The monoisotopic (exact) mass is 947 g/mol. The van der Waals surface area contributed by atoms with Crippen molar-refractivity contribution in [3.8, 4) is 11.8 Å². The number of benzene rings is 3. The molecule has 20 heteroatoms. The van der Waals surface area contributed by atoms with Crippen molar-refractivity contribution in [1.82, 2.24) is 16.0 Å². The number of alkyl halides is 6. The third-order valence-corrected chi connectivity index (χ3v) is 11.8. The second-order valence-corrected chi connectivity index (χ2v) is 17.9. The molecule has 0 aromatic heterocycles. The fourth-order valence-electron chi connectivity index (χ4n) is 8.34. The number of esters is 2. The van der Waals surface area contributed by atoms with E-state index in [0.29, 0.717) is 43.1 Å². The SMILES string of the molecule is CCc1cc(N2C(=S)N(c3ccc(C#N)c(C(F)(F)F)c3)C(=O)C2(C)C)c(C)cc1OCCN1C[C@@H](C)N(CC(=O)OC(=O)c2ccc(N=C=S)c(C(C)(C)C)c2C(F)(F)F)[C@@H](C)C1.N. The molecule has 1 amide bonds. The molecule has 0 unspecified atom stereocenters. The van der Waals surface area contributed by atoms with Crippen LogP contribution in [0.25, 0.3) is 0 Å². The number of thiocarbonyl (C=S) groups is 2. The van der Waals surface area contributed by atoms with Crippen molar-refractivity contribution in [2.45, 2.75) is 104 Å². The number of hydrogen-bond donors (Lipinski definition) is 1. The molecule has 2 heterocycles. The lowest BCUT2D eigenvalue weighted by Gasteiger charge is -2.43. The molecular formula is C45H51F6N7O5S2. The average Bonchev–Trinajstić information content (AvgIpc) is 3.36. The summed E-state index contributed by atoms with van der Waals surface area (Å²) in [5.41, 5.74) is -4.66. The molecule has 0 bridgehead atoms. The van der Waals surface area contributed by atoms with Gasteiger partial charge < -0.3 is 20.5 Å². The van der Waals surface area contributed by atoms with Crippen molar-refractivity contribution < 1.29 is 50.2 Å². The van der Waals surface area contributed by atoms with Gasteiger partial charge >= 0.3 is 24.3 Å². The summed E-state index contributed by atoms with van der Waals surface area (Å²) in [6.07, 6.45) is -9.29. The largest absolute Gasteiger partial charge is 0.492 e. The number of ether oxygens (including phenoxy) is 2. The van der Waals surface area contributed by atoms with Gasteiger partial charge in [0.2, 0.25) is 0 Å². The highest BCUT2D eigenvalue weighted by atomic mass is 32.1. The minimum absolute atomic E-state index is 0. The standard InChI is InChI=1S/C45H48F6N6O5S2.H3N/c1-10-28-18-34(57-41(64)56(40(60)43(57,8)9)30-12-11-29(20-52)32(19-30)44(46,47)48)25(2)17-35(28)61-16-15-54-21-26(3)55(27(4)22-54)23-36(58)62-39(59)31-13-14-33(53-24-63)38(42(5,6)7)37(31)45(49,50)51;/h11-14,17-19,26-27H,10,15-16,21-23H2,1-9H3;1H3/t26-,27+;. The molecule has 0 radical (unpaired) electrons. The summed E-state index contributed by atoms with van der Waals surface area (Å²) < 4.78 is 96.4. The Morgan fingerprint density at radius 3 is 2.14 bits per heavy atom. The fraction of sp³-hybridized carbons (Fsp3) is 0.467. The number of anilines is 2. The van der Waals surface area contributed by atoms with Crippen molar-refractivity contribution in [2.24, 2.45) is 4.99 Å². The number of nitrogens with zero attached hydrogens (tertiary/aromatic N) is 6. The van der Waals surface area contributed by atoms with Gasteiger partial charge in [-0.25, -0.2) is 4.79 Å². The van der Waals surface area contributed by atoms with Crippen LogP contribution in [0.4, 0.5) is 43.4 Å². The van der Waals surface area contributed by atoms with Crippen molar-refractivity contribution in [3.05, 3.63) is 81.4 Å². The molecule has 2 aliphatic heterocycles. The van der Waals surface area contributed by atoms with E-state index in [9.17, 15) is 46.0 Å². The summed E-state index contributed by atoms with van der Waals surface area (Å²) in [5.74, 6) is -2.39. The number of aryl methyl sites for hydroxylation is 2. The van der Waals surface area contributed by atoms with E-state index in [2.05, 4.69) is 27.3 Å². The molecule has 0 aliphatic carbocycles. The van der Waals surface area contributed by atoms with Crippen molar-refractivity contribution in [3.63, 3.8) is 0 Å². The van der Waals surface area contributed by atoms with E-state index in [0.717, 1.165) is 28.7 Å². The van der Waals surface area contributed by atoms with Crippen LogP contribution in [0.5, 0.6) is 5.75 Å². The lowest BCUT2D eigenvalue weighted by molar-refractivity contribution is -0.143. The average molecular weight is 948 g/mol. The van der Waals surface area contributed by atoms with Crippen LogP contribution < -0.4 is 20.7 Å². The van der Waals surface area contributed by atoms with E-state index in [1.165, 1.54) is 32.9 Å². The summed E-state index contributed by atoms with van der Waals surface area (Å²) in [7, 11) is 0. The van der Waals surface area contributed by atoms with E-state index in [-0.39, 0.29) is 53.4 Å². The maximum absolute atomic E-state index is 14.5. The molecule has 0 saturated carbocycles. The number of piperazine rings is 1. The van der Waals surface area contributed by atoms with Gasteiger partial charge in [0.05, 0.1) is 51.4 Å². The van der Waals surface area contributed by atoms with Crippen molar-refractivity contribution >= 4 is 69.6 Å². The Morgan fingerprint density at radius 1 is 0.969 bits per heavy atom. The molecule has 2 atom stereocenters. The maximum Gasteiger partial charge on any atom is 0.417 e. The van der Waals surface area contributed by atoms with Gasteiger partial charge in [-0.1, -0.05) is 27.7 Å². The molecule has 0 spiro atoms. The molecule has 3 N–H and O–H groups in total. The van der Waals surface area contributed by atoms with Crippen LogP contribution in [-0.4, -0.2) is 88.3 Å². The maximum atomic E-state index is 14.5. The Bertz CT molecular complexity index is 2450. The summed E-state index contributed by atoms with van der Waals surface area (Å²) >= 11 is 10.4. The van der Waals surface area contributed by atoms with Crippen molar-refractivity contribution in [2.75, 3.05) is 42.6 Å². The second kappa shape index (κ2) is 19.7. The fourth-order valence-corrected chi connectivity index (χ4v) is 8.95. The normalized spacial score (nSPS) is 18.2. The van der Waals surface area contributed by atoms with Gasteiger partial charge in [-0.3, -0.25) is 24.3 Å². The van der Waals surface area contributed by atoms with Gasteiger partial charge in [-0.05, 0) is 130 Å². The van der Waals surface area contributed by atoms with Gasteiger partial charge in [0, 0.05) is 37.4 Å². The number of hydrogen-bond acceptors (Lipinski definition) is 12. The zero-order valence-corrected chi connectivity index (χ0v) is 39.1. The topological polar surface area (TPSA) is 154 Å². The number of carbonyl (C=O) groups is 3. The summed E-state index contributed by atoms with van der Waals surface area (Å²) in [6, 6.07) is 9.95. The Kier molecular flexibility index (Phi) is 15.8. The molecule has 12 nitrogen and oxygen atoms in total. The Labute approximate surface area is 384 Å². The first-order valence-corrected chi connectivity index (χ1v) is 21.1. The first-order valence-electron chi connectivity index (χ1n) is 20.3. The van der Waals surface area contributed by atoms with Gasteiger partial charge in [0.15, 0.2) is 5.11 Å². The van der Waals surface area contributed by atoms with E-state index in [4.69, 9.17) is 21.7 Å². The van der Waals surface area contributed by atoms with Crippen LogP contribution in [0.15, 0.2) is 47.5 Å². The van der Waals surface area contributed by atoms with Gasteiger partial charge in [0.25, 0.3) is 5.91 Å². The third-order valence-electron chi connectivity index (χ3n) is 11.3. The zero-order valence-electron chi connectivity index (χ0n) is 37.5. The van der Waals surface area contributed by atoms with Crippen LogP contribution in [0, 0.1) is 18.3 Å². The molecule has 3 aromatic carbocycles. The quantitative estimate of drug-likeness (QED) is 0.0640. The molecule has 65 heavy (non-hydrogen) atoms. The number of carbonyl (C=O) groups excluding carboxylic acids is 3. The summed E-state index contributed by atoms with van der Waals surface area (Å²) in [5, 5.41) is 11.3. The highest BCUT2D eigenvalue weighted by Crippen LogP contribution is 2.45. The van der Waals surface area contributed by atoms with E-state index in [1.807, 2.05) is 44.7 Å². The van der Waals surface area contributed by atoms with Crippen LogP contribution in [0.3, 0.4) is 0 Å². The molecule has 2 aliphatic rings. The van der Waals surface area contributed by atoms with Crippen LogP contribution in [0.1, 0.15) is 99.1 Å². The molecule has 3 aromatic rings. The Hall–Kier alpha value is -5.29. The lowest BCUT2D eigenvalue weighted by atomic mass is 9.80. The van der Waals surface area contributed by atoms with Gasteiger partial charge in [-0.2, -0.15) is 36.6 Å². The van der Waals surface area contributed by atoms with Gasteiger partial charge in [-0.15, -0.1) is 0 Å². The zero-order chi connectivity index (χ0) is 47.9. The Morgan fingerprint density at radius 2 is 1.60 bits per heavy atom. The molecule has 2 saturated heterocycles. The minimum Gasteiger partial charge on any atom is -0.492 e. The Balaban J connectivity index is 0.00000925. The minimum atomic E-state index is -4.98.